The van der Waals surface area contributed by atoms with Crippen LogP contribution in [0.1, 0.15) is 53.4 Å². The SMILES string of the molecule is CCC1CN(CC2CCCC2C)C(C(C)C)CN1. The molecule has 2 heteroatoms. The summed E-state index contributed by atoms with van der Waals surface area (Å²) in [5, 5.41) is 3.72. The average Bonchev–Trinajstić information content (AvgIpc) is 2.74. The molecular weight excluding hydrogens is 220 g/mol. The minimum atomic E-state index is 0.719. The number of hydrogen-bond acceptors (Lipinski definition) is 2. The van der Waals surface area contributed by atoms with Crippen LogP contribution >= 0.6 is 0 Å². The first-order chi connectivity index (χ1) is 8.61. The van der Waals surface area contributed by atoms with Gasteiger partial charge in [-0.05, 0) is 30.6 Å². The Balaban J connectivity index is 1.95. The van der Waals surface area contributed by atoms with E-state index in [-0.39, 0.29) is 0 Å². The van der Waals surface area contributed by atoms with Crippen molar-refractivity contribution >= 4 is 0 Å². The number of hydrogen-bond donors (Lipinski definition) is 1. The standard InChI is InChI=1S/C16H32N2/c1-5-15-11-18(16(9-17-15)12(2)3)10-14-8-6-7-13(14)4/h12-17H,5-11H2,1-4H3. The van der Waals surface area contributed by atoms with Gasteiger partial charge in [-0.2, -0.15) is 0 Å². The molecule has 0 bridgehead atoms. The Bertz CT molecular complexity index is 251. The van der Waals surface area contributed by atoms with E-state index in [1.54, 1.807) is 0 Å². The van der Waals surface area contributed by atoms with Crippen LogP contribution in [-0.2, 0) is 0 Å². The van der Waals surface area contributed by atoms with E-state index in [1.165, 1.54) is 45.3 Å². The van der Waals surface area contributed by atoms with Gasteiger partial charge in [0.25, 0.3) is 0 Å². The van der Waals surface area contributed by atoms with Crippen LogP contribution in [0, 0.1) is 17.8 Å². The lowest BCUT2D eigenvalue weighted by atomic mass is 9.92. The molecule has 1 aliphatic heterocycles. The molecule has 106 valence electrons. The molecule has 2 rings (SSSR count). The van der Waals surface area contributed by atoms with Crippen LogP contribution in [0.25, 0.3) is 0 Å². The summed E-state index contributed by atoms with van der Waals surface area (Å²) in [4.78, 5) is 2.81. The van der Waals surface area contributed by atoms with E-state index in [9.17, 15) is 0 Å². The molecule has 1 N–H and O–H groups in total. The van der Waals surface area contributed by atoms with E-state index in [0.717, 1.165) is 29.8 Å². The van der Waals surface area contributed by atoms with Gasteiger partial charge in [0.2, 0.25) is 0 Å². The highest BCUT2D eigenvalue weighted by Crippen LogP contribution is 2.33. The molecule has 18 heavy (non-hydrogen) atoms. The van der Waals surface area contributed by atoms with Crippen LogP contribution in [0.15, 0.2) is 0 Å². The highest BCUT2D eigenvalue weighted by molar-refractivity contribution is 4.89. The molecule has 1 heterocycles. The number of nitrogens with zero attached hydrogens (tertiary/aromatic N) is 1. The molecule has 2 aliphatic rings. The van der Waals surface area contributed by atoms with Crippen LogP contribution in [0.4, 0.5) is 0 Å². The summed E-state index contributed by atoms with van der Waals surface area (Å²) in [5.74, 6) is 2.68. The molecule has 0 spiro atoms. The zero-order chi connectivity index (χ0) is 13.1. The van der Waals surface area contributed by atoms with Gasteiger partial charge in [0.1, 0.15) is 0 Å². The molecule has 0 amide bonds. The summed E-state index contributed by atoms with van der Waals surface area (Å²) < 4.78 is 0. The van der Waals surface area contributed by atoms with Gasteiger partial charge in [0, 0.05) is 31.7 Å². The molecule has 0 radical (unpaired) electrons. The Morgan fingerprint density at radius 3 is 2.61 bits per heavy atom. The lowest BCUT2D eigenvalue weighted by Gasteiger charge is -2.44. The van der Waals surface area contributed by atoms with Crippen molar-refractivity contribution in [3.8, 4) is 0 Å². The second kappa shape index (κ2) is 6.38. The molecule has 0 aromatic heterocycles. The van der Waals surface area contributed by atoms with Crippen molar-refractivity contribution in [2.75, 3.05) is 19.6 Å². The Kier molecular flexibility index (Phi) is 5.08. The maximum absolute atomic E-state index is 3.72. The summed E-state index contributed by atoms with van der Waals surface area (Å²) in [6, 6.07) is 1.47. The van der Waals surface area contributed by atoms with Gasteiger partial charge < -0.3 is 5.32 Å². The lowest BCUT2D eigenvalue weighted by molar-refractivity contribution is 0.0746. The monoisotopic (exact) mass is 252 g/mol. The quantitative estimate of drug-likeness (QED) is 0.827. The lowest BCUT2D eigenvalue weighted by Crippen LogP contribution is -2.59. The summed E-state index contributed by atoms with van der Waals surface area (Å²) in [6.45, 7) is 13.3. The molecule has 1 saturated carbocycles. The van der Waals surface area contributed by atoms with Crippen molar-refractivity contribution in [3.05, 3.63) is 0 Å². The molecular formula is C16H32N2. The van der Waals surface area contributed by atoms with Crippen molar-refractivity contribution in [1.82, 2.24) is 10.2 Å². The summed E-state index contributed by atoms with van der Waals surface area (Å²) in [6.07, 6.45) is 5.65. The maximum Gasteiger partial charge on any atom is 0.0244 e. The summed E-state index contributed by atoms with van der Waals surface area (Å²) in [5.41, 5.74) is 0. The second-order valence-corrected chi connectivity index (χ2v) is 6.95. The van der Waals surface area contributed by atoms with Gasteiger partial charge in [-0.15, -0.1) is 0 Å². The highest BCUT2D eigenvalue weighted by Gasteiger charge is 2.33. The van der Waals surface area contributed by atoms with Crippen molar-refractivity contribution < 1.29 is 0 Å². The second-order valence-electron chi connectivity index (χ2n) is 6.95. The van der Waals surface area contributed by atoms with E-state index < -0.39 is 0 Å². The zero-order valence-electron chi connectivity index (χ0n) is 12.8. The van der Waals surface area contributed by atoms with Crippen molar-refractivity contribution in [2.45, 2.75) is 65.5 Å². The first-order valence-electron chi connectivity index (χ1n) is 8.09. The smallest absolute Gasteiger partial charge is 0.0244 e. The maximum atomic E-state index is 3.72. The van der Waals surface area contributed by atoms with Gasteiger partial charge in [0.05, 0.1) is 0 Å². The first-order valence-corrected chi connectivity index (χ1v) is 8.09. The van der Waals surface area contributed by atoms with Crippen LogP contribution in [-0.4, -0.2) is 36.6 Å². The fraction of sp³-hybridized carbons (Fsp3) is 1.00. The molecule has 0 aromatic carbocycles. The van der Waals surface area contributed by atoms with Crippen molar-refractivity contribution in [1.29, 1.82) is 0 Å². The third-order valence-electron chi connectivity index (χ3n) is 5.31. The molecule has 4 atom stereocenters. The molecule has 0 aromatic rings. The Morgan fingerprint density at radius 2 is 2.06 bits per heavy atom. The van der Waals surface area contributed by atoms with Gasteiger partial charge in [-0.25, -0.2) is 0 Å². The minimum Gasteiger partial charge on any atom is -0.311 e. The molecule has 1 aliphatic carbocycles. The topological polar surface area (TPSA) is 15.3 Å². The van der Waals surface area contributed by atoms with E-state index in [1.807, 2.05) is 0 Å². The zero-order valence-corrected chi connectivity index (χ0v) is 12.8. The van der Waals surface area contributed by atoms with Gasteiger partial charge >= 0.3 is 0 Å². The Hall–Kier alpha value is -0.0800. The van der Waals surface area contributed by atoms with Gasteiger partial charge in [0.15, 0.2) is 0 Å². The highest BCUT2D eigenvalue weighted by atomic mass is 15.2. The minimum absolute atomic E-state index is 0.719. The Labute approximate surface area is 114 Å². The third kappa shape index (κ3) is 3.27. The van der Waals surface area contributed by atoms with Crippen LogP contribution in [0.5, 0.6) is 0 Å². The van der Waals surface area contributed by atoms with Crippen molar-refractivity contribution in [2.24, 2.45) is 17.8 Å². The summed E-state index contributed by atoms with van der Waals surface area (Å²) in [7, 11) is 0. The molecule has 2 fully saturated rings. The van der Waals surface area contributed by atoms with E-state index in [4.69, 9.17) is 0 Å². The van der Waals surface area contributed by atoms with Crippen LogP contribution < -0.4 is 5.32 Å². The fourth-order valence-corrected chi connectivity index (χ4v) is 3.83. The van der Waals surface area contributed by atoms with Gasteiger partial charge in [-0.3, -0.25) is 4.90 Å². The van der Waals surface area contributed by atoms with Gasteiger partial charge in [-0.1, -0.05) is 40.5 Å². The van der Waals surface area contributed by atoms with E-state index >= 15 is 0 Å². The average molecular weight is 252 g/mol. The predicted molar refractivity (Wildman–Crippen MR) is 78.8 cm³/mol. The normalized spacial score (nSPS) is 38.5. The molecule has 1 saturated heterocycles. The first kappa shape index (κ1) is 14.3. The van der Waals surface area contributed by atoms with Crippen LogP contribution in [0.3, 0.4) is 0 Å². The fourth-order valence-electron chi connectivity index (χ4n) is 3.83. The van der Waals surface area contributed by atoms with Crippen molar-refractivity contribution in [3.63, 3.8) is 0 Å². The molecule has 4 unspecified atom stereocenters. The number of piperazine rings is 1. The largest absolute Gasteiger partial charge is 0.311 e. The third-order valence-corrected chi connectivity index (χ3v) is 5.31. The summed E-state index contributed by atoms with van der Waals surface area (Å²) >= 11 is 0. The van der Waals surface area contributed by atoms with E-state index in [0.29, 0.717) is 0 Å². The number of nitrogens with one attached hydrogen (secondary N) is 1. The molecule has 2 nitrogen and oxygen atoms in total. The Morgan fingerprint density at radius 1 is 1.28 bits per heavy atom. The number of rotatable bonds is 4. The van der Waals surface area contributed by atoms with E-state index in [2.05, 4.69) is 37.9 Å². The van der Waals surface area contributed by atoms with Crippen LogP contribution in [0.2, 0.25) is 0 Å². The predicted octanol–water partition coefficient (Wildman–Crippen LogP) is 3.13.